The van der Waals surface area contributed by atoms with E-state index in [1.807, 2.05) is 69.3 Å². The number of hydrogen-bond donors (Lipinski definition) is 2. The van der Waals surface area contributed by atoms with Crippen molar-refractivity contribution in [1.82, 2.24) is 15.0 Å². The van der Waals surface area contributed by atoms with Crippen molar-refractivity contribution in [2.45, 2.75) is 66.0 Å². The average molecular weight is 571 g/mol. The van der Waals surface area contributed by atoms with E-state index in [1.54, 1.807) is 16.7 Å². The van der Waals surface area contributed by atoms with Crippen molar-refractivity contribution >= 4 is 5.84 Å². The highest BCUT2D eigenvalue weighted by molar-refractivity contribution is 6.04. The van der Waals surface area contributed by atoms with E-state index in [1.165, 1.54) is 6.07 Å². The number of rotatable bonds is 10. The summed E-state index contributed by atoms with van der Waals surface area (Å²) in [5.74, 6) is 0.806. The van der Waals surface area contributed by atoms with E-state index in [0.29, 0.717) is 47.9 Å². The smallest absolute Gasteiger partial charge is 0.280 e. The summed E-state index contributed by atoms with van der Waals surface area (Å²) in [6, 6.07) is 20.3. The highest BCUT2D eigenvalue weighted by atomic mass is 19.1. The van der Waals surface area contributed by atoms with E-state index in [4.69, 9.17) is 14.6 Å². The Morgan fingerprint density at radius 1 is 1.05 bits per heavy atom. The van der Waals surface area contributed by atoms with Crippen LogP contribution in [0.3, 0.4) is 0 Å². The van der Waals surface area contributed by atoms with Gasteiger partial charge in [0.2, 0.25) is 0 Å². The molecular weight excluding hydrogens is 535 g/mol. The molecule has 0 fully saturated rings. The van der Waals surface area contributed by atoms with Gasteiger partial charge in [0.05, 0.1) is 23.9 Å². The van der Waals surface area contributed by atoms with Crippen molar-refractivity contribution in [3.05, 3.63) is 106 Å². The third-order valence-corrected chi connectivity index (χ3v) is 7.00. The molecule has 42 heavy (non-hydrogen) atoms. The Morgan fingerprint density at radius 2 is 1.76 bits per heavy atom. The summed E-state index contributed by atoms with van der Waals surface area (Å²) >= 11 is 0. The number of halogens is 1. The Bertz CT molecular complexity index is 1660. The molecular formula is C33H35FN4O4. The van der Waals surface area contributed by atoms with Crippen molar-refractivity contribution in [2.24, 2.45) is 4.99 Å². The van der Waals surface area contributed by atoms with Crippen molar-refractivity contribution in [3.8, 4) is 28.0 Å². The number of nitrogens with zero attached hydrogens (tertiary/aromatic N) is 3. The monoisotopic (exact) mass is 570 g/mol. The average Bonchev–Trinajstić information content (AvgIpc) is 3.42. The maximum Gasteiger partial charge on any atom is 0.280 e. The van der Waals surface area contributed by atoms with Crippen LogP contribution >= 0.6 is 0 Å². The molecule has 0 amide bonds. The van der Waals surface area contributed by atoms with Crippen molar-refractivity contribution in [1.29, 1.82) is 0 Å². The number of aryl methyl sites for hydroxylation is 2. The van der Waals surface area contributed by atoms with E-state index >= 15 is 0 Å². The number of hydrogen-bond acceptors (Lipinski definition) is 7. The van der Waals surface area contributed by atoms with Gasteiger partial charge in [-0.2, -0.15) is 0 Å². The molecule has 0 bridgehead atoms. The third kappa shape index (κ3) is 6.12. The van der Waals surface area contributed by atoms with E-state index < -0.39 is 12.2 Å². The Balaban J connectivity index is 1.51. The molecule has 1 aliphatic rings. The summed E-state index contributed by atoms with van der Waals surface area (Å²) < 4.78 is 22.2. The second-order valence-electron chi connectivity index (χ2n) is 10.4. The van der Waals surface area contributed by atoms with Crippen molar-refractivity contribution in [3.63, 3.8) is 0 Å². The number of aromatic nitrogens is 2. The van der Waals surface area contributed by atoms with E-state index in [-0.39, 0.29) is 17.4 Å². The molecule has 1 atom stereocenters. The summed E-state index contributed by atoms with van der Waals surface area (Å²) in [5.41, 5.74) is 7.61. The summed E-state index contributed by atoms with van der Waals surface area (Å²) in [4.78, 5) is 28.0. The van der Waals surface area contributed by atoms with Crippen LogP contribution in [0.5, 0.6) is 5.75 Å². The molecule has 1 aromatic heterocycles. The number of ether oxygens (including phenoxy) is 1. The van der Waals surface area contributed by atoms with E-state index in [9.17, 15) is 14.3 Å². The highest BCUT2D eigenvalue weighted by Gasteiger charge is 2.21. The standard InChI is InChI=1S/C33H35FN4O4/c1-5-9-29-35-27(6-2)30(23-16-17-28(26(34)18-23)41-20(3)4)32(39)38(29)19-21-12-14-22(15-13-21)24-10-7-8-11-25(24)31-36-33(40)42-37-31/h7-8,10-18,20,33,40H,5-6,9,19H2,1-4H3,(H,36,37). The topological polar surface area (TPSA) is 98.0 Å². The second kappa shape index (κ2) is 12.7. The van der Waals surface area contributed by atoms with Gasteiger partial charge in [0, 0.05) is 12.0 Å². The largest absolute Gasteiger partial charge is 0.488 e. The van der Waals surface area contributed by atoms with Crippen molar-refractivity contribution in [2.75, 3.05) is 0 Å². The zero-order valence-electron chi connectivity index (χ0n) is 24.2. The molecule has 4 aromatic rings. The molecule has 0 radical (unpaired) electrons. The zero-order valence-corrected chi connectivity index (χ0v) is 24.2. The summed E-state index contributed by atoms with van der Waals surface area (Å²) in [5, 5.41) is 9.63. The molecule has 218 valence electrons. The molecule has 0 saturated carbocycles. The third-order valence-electron chi connectivity index (χ3n) is 7.00. The minimum absolute atomic E-state index is 0.156. The minimum Gasteiger partial charge on any atom is -0.488 e. The molecule has 9 heteroatoms. The second-order valence-corrected chi connectivity index (χ2v) is 10.4. The maximum atomic E-state index is 15.0. The van der Waals surface area contributed by atoms with Gasteiger partial charge in [0.15, 0.2) is 17.4 Å². The summed E-state index contributed by atoms with van der Waals surface area (Å²) in [7, 11) is 0. The predicted molar refractivity (Wildman–Crippen MR) is 161 cm³/mol. The SMILES string of the molecule is CCCc1nc(CC)c(-c2ccc(OC(C)C)c(F)c2)c(=O)n1Cc1ccc(-c2ccccc2C2=NC(O)ON2)cc1. The zero-order chi connectivity index (χ0) is 29.8. The van der Waals surface area contributed by atoms with Crippen LogP contribution in [0.25, 0.3) is 22.3 Å². The highest BCUT2D eigenvalue weighted by Crippen LogP contribution is 2.28. The predicted octanol–water partition coefficient (Wildman–Crippen LogP) is 5.62. The van der Waals surface area contributed by atoms with Crippen LogP contribution in [0.4, 0.5) is 4.39 Å². The lowest BCUT2D eigenvalue weighted by atomic mass is 9.98. The normalized spacial score (nSPS) is 14.6. The first kappa shape index (κ1) is 29.2. The van der Waals surface area contributed by atoms with Crippen molar-refractivity contribution < 1.29 is 19.1 Å². The van der Waals surface area contributed by atoms with Gasteiger partial charge in [-0.15, -0.1) is 0 Å². The number of aliphatic hydroxyl groups is 1. The first-order valence-electron chi connectivity index (χ1n) is 14.2. The minimum atomic E-state index is -1.24. The molecule has 0 aliphatic carbocycles. The van der Waals surface area contributed by atoms with Gasteiger partial charge in [-0.25, -0.2) is 24.7 Å². The fourth-order valence-electron chi connectivity index (χ4n) is 5.09. The van der Waals surface area contributed by atoms with Crippen LogP contribution in [0.15, 0.2) is 76.5 Å². The number of amidine groups is 1. The lowest BCUT2D eigenvalue weighted by Gasteiger charge is -2.18. The lowest BCUT2D eigenvalue weighted by molar-refractivity contribution is -0.102. The maximum absolute atomic E-state index is 15.0. The first-order chi connectivity index (χ1) is 20.3. The molecule has 1 aliphatic heterocycles. The van der Waals surface area contributed by atoms with Gasteiger partial charge < -0.3 is 9.84 Å². The number of hydroxylamine groups is 1. The Morgan fingerprint density at radius 3 is 2.38 bits per heavy atom. The lowest BCUT2D eigenvalue weighted by Crippen LogP contribution is -2.29. The fraction of sp³-hybridized carbons (Fsp3) is 0.303. The number of benzene rings is 3. The molecule has 2 N–H and O–H groups in total. The fourth-order valence-corrected chi connectivity index (χ4v) is 5.09. The van der Waals surface area contributed by atoms with E-state index in [2.05, 4.69) is 17.4 Å². The van der Waals surface area contributed by atoms with Gasteiger partial charge in [0.25, 0.3) is 12.0 Å². The van der Waals surface area contributed by atoms with Crippen LogP contribution in [-0.2, 0) is 24.2 Å². The van der Waals surface area contributed by atoms with Gasteiger partial charge in [0.1, 0.15) is 5.82 Å². The Hall–Kier alpha value is -4.34. The molecule has 0 spiro atoms. The van der Waals surface area contributed by atoms with Gasteiger partial charge >= 0.3 is 0 Å². The Labute approximate surface area is 244 Å². The van der Waals surface area contributed by atoms with Gasteiger partial charge in [-0.3, -0.25) is 9.36 Å². The molecule has 8 nitrogen and oxygen atoms in total. The molecule has 3 aromatic carbocycles. The van der Waals surface area contributed by atoms with Crippen LogP contribution in [0, 0.1) is 5.82 Å². The summed E-state index contributed by atoms with van der Waals surface area (Å²) in [6.07, 6.45) is 0.610. The van der Waals surface area contributed by atoms with Gasteiger partial charge in [-0.05, 0) is 61.1 Å². The molecule has 1 unspecified atom stereocenters. The number of aliphatic hydroxyl groups excluding tert-OH is 1. The molecule has 0 saturated heterocycles. The summed E-state index contributed by atoms with van der Waals surface area (Å²) in [6.45, 7) is 8.01. The first-order valence-corrected chi connectivity index (χ1v) is 14.2. The molecule has 2 heterocycles. The van der Waals surface area contributed by atoms with Crippen LogP contribution in [-0.4, -0.2) is 33.0 Å². The number of nitrogens with one attached hydrogen (secondary N) is 1. The van der Waals surface area contributed by atoms with Gasteiger partial charge in [-0.1, -0.05) is 68.4 Å². The quantitative estimate of drug-likeness (QED) is 0.257. The van der Waals surface area contributed by atoms with E-state index in [0.717, 1.165) is 28.7 Å². The van der Waals surface area contributed by atoms with Crippen LogP contribution in [0.2, 0.25) is 0 Å². The Kier molecular flexibility index (Phi) is 8.80. The van der Waals surface area contributed by atoms with Crippen LogP contribution < -0.4 is 15.8 Å². The molecule has 5 rings (SSSR count). The van der Waals surface area contributed by atoms with Crippen LogP contribution in [0.1, 0.15) is 56.8 Å². The number of aliphatic imine (C=N–C) groups is 1.